The van der Waals surface area contributed by atoms with Gasteiger partial charge in [0.1, 0.15) is 5.82 Å². The lowest BCUT2D eigenvalue weighted by atomic mass is 9.40. The van der Waals surface area contributed by atoms with Crippen molar-refractivity contribution in [3.63, 3.8) is 0 Å². The number of nitrogens with zero attached hydrogens (tertiary/aromatic N) is 2. The normalized spacial score (nSPS) is 31.7. The van der Waals surface area contributed by atoms with Crippen LogP contribution in [0.15, 0.2) is 22.7 Å². The molecule has 98 valence electrons. The molecule has 0 spiro atoms. The van der Waals surface area contributed by atoms with Gasteiger partial charge < -0.3 is 10.3 Å². The van der Waals surface area contributed by atoms with Crippen LogP contribution in [0, 0.1) is 5.82 Å². The summed E-state index contributed by atoms with van der Waals surface area (Å²) in [5.41, 5.74) is 6.54. The molecule has 3 aliphatic rings. The molecule has 3 fully saturated rings. The first-order valence-corrected chi connectivity index (χ1v) is 6.46. The van der Waals surface area contributed by atoms with E-state index in [4.69, 9.17) is 21.9 Å². The van der Waals surface area contributed by atoms with E-state index in [1.165, 1.54) is 12.1 Å². The van der Waals surface area contributed by atoms with E-state index in [9.17, 15) is 4.39 Å². The number of hydrogen-bond donors (Lipinski definition) is 1. The van der Waals surface area contributed by atoms with Gasteiger partial charge in [0.05, 0.1) is 10.4 Å². The van der Waals surface area contributed by atoms with Crippen molar-refractivity contribution < 1.29 is 8.91 Å². The van der Waals surface area contributed by atoms with E-state index in [2.05, 4.69) is 10.1 Å². The Bertz CT molecular complexity index is 665. The van der Waals surface area contributed by atoms with Gasteiger partial charge in [0.25, 0.3) is 0 Å². The van der Waals surface area contributed by atoms with Gasteiger partial charge in [-0.05, 0) is 37.5 Å². The van der Waals surface area contributed by atoms with E-state index in [0.29, 0.717) is 17.3 Å². The standard InChI is InChI=1S/C13H11ClFN3O/c14-8-2-1-7(3-9(8)15)10-17-11(19-18-10)12-4-13(16,5-12)6-12/h1-3H,4-6,16H2. The zero-order chi connectivity index (χ0) is 13.3. The predicted octanol–water partition coefficient (Wildman–Crippen LogP) is 2.66. The third-order valence-corrected chi connectivity index (χ3v) is 4.44. The highest BCUT2D eigenvalue weighted by molar-refractivity contribution is 6.30. The molecule has 19 heavy (non-hydrogen) atoms. The van der Waals surface area contributed by atoms with Crippen LogP contribution in [0.2, 0.25) is 5.02 Å². The molecule has 5 rings (SSSR count). The summed E-state index contributed by atoms with van der Waals surface area (Å²) < 4.78 is 18.7. The van der Waals surface area contributed by atoms with Crippen LogP contribution in [0.5, 0.6) is 0 Å². The molecule has 1 aromatic heterocycles. The highest BCUT2D eigenvalue weighted by atomic mass is 35.5. The maximum atomic E-state index is 13.4. The zero-order valence-corrected chi connectivity index (χ0v) is 10.7. The van der Waals surface area contributed by atoms with Gasteiger partial charge >= 0.3 is 0 Å². The Balaban J connectivity index is 1.66. The summed E-state index contributed by atoms with van der Waals surface area (Å²) in [7, 11) is 0. The van der Waals surface area contributed by atoms with Crippen LogP contribution in [0.25, 0.3) is 11.4 Å². The predicted molar refractivity (Wildman–Crippen MR) is 67.1 cm³/mol. The van der Waals surface area contributed by atoms with Crippen LogP contribution in [-0.2, 0) is 5.41 Å². The monoisotopic (exact) mass is 279 g/mol. The minimum absolute atomic E-state index is 0.0129. The first kappa shape index (κ1) is 11.4. The maximum Gasteiger partial charge on any atom is 0.233 e. The summed E-state index contributed by atoms with van der Waals surface area (Å²) in [6, 6.07) is 4.47. The molecule has 0 amide bonds. The zero-order valence-electron chi connectivity index (χ0n) is 9.99. The Kier molecular flexibility index (Phi) is 2.00. The Morgan fingerprint density at radius 3 is 2.68 bits per heavy atom. The minimum Gasteiger partial charge on any atom is -0.338 e. The van der Waals surface area contributed by atoms with Gasteiger partial charge in [-0.25, -0.2) is 4.39 Å². The molecule has 6 heteroatoms. The molecule has 2 aromatic rings. The number of benzene rings is 1. The Hall–Kier alpha value is -1.46. The maximum absolute atomic E-state index is 13.4. The molecule has 1 aromatic carbocycles. The molecule has 2 N–H and O–H groups in total. The van der Waals surface area contributed by atoms with Crippen LogP contribution in [0.1, 0.15) is 25.2 Å². The Morgan fingerprint density at radius 1 is 1.32 bits per heavy atom. The second-order valence-corrected chi connectivity index (χ2v) is 6.13. The number of rotatable bonds is 2. The second kappa shape index (κ2) is 3.35. The Labute approximate surface area is 113 Å². The average Bonchev–Trinajstić information content (AvgIpc) is 2.77. The molecule has 2 bridgehead atoms. The third kappa shape index (κ3) is 1.48. The fourth-order valence-corrected chi connectivity index (χ4v) is 3.40. The number of halogens is 2. The van der Waals surface area contributed by atoms with E-state index in [0.717, 1.165) is 19.3 Å². The van der Waals surface area contributed by atoms with Crippen molar-refractivity contribution >= 4 is 11.6 Å². The summed E-state index contributed by atoms with van der Waals surface area (Å²) in [5, 5.41) is 4.00. The molecular weight excluding hydrogens is 269 g/mol. The van der Waals surface area contributed by atoms with Crippen LogP contribution < -0.4 is 5.73 Å². The molecule has 0 radical (unpaired) electrons. The quantitative estimate of drug-likeness (QED) is 0.918. The van der Waals surface area contributed by atoms with E-state index in [1.54, 1.807) is 6.07 Å². The summed E-state index contributed by atoms with van der Waals surface area (Å²) >= 11 is 5.65. The summed E-state index contributed by atoms with van der Waals surface area (Å²) in [5.74, 6) is 0.517. The second-order valence-electron chi connectivity index (χ2n) is 5.73. The molecule has 4 nitrogen and oxygen atoms in total. The molecule has 0 aliphatic heterocycles. The smallest absolute Gasteiger partial charge is 0.233 e. The fourth-order valence-electron chi connectivity index (χ4n) is 3.28. The molecule has 0 saturated heterocycles. The lowest BCUT2D eigenvalue weighted by Crippen LogP contribution is -2.74. The average molecular weight is 280 g/mol. The highest BCUT2D eigenvalue weighted by Crippen LogP contribution is 2.66. The van der Waals surface area contributed by atoms with Gasteiger partial charge in [0.15, 0.2) is 0 Å². The van der Waals surface area contributed by atoms with E-state index >= 15 is 0 Å². The first-order chi connectivity index (χ1) is 9.00. The van der Waals surface area contributed by atoms with E-state index in [1.807, 2.05) is 0 Å². The molecule has 3 saturated carbocycles. The lowest BCUT2D eigenvalue weighted by molar-refractivity contribution is -0.0793. The first-order valence-electron chi connectivity index (χ1n) is 6.08. The van der Waals surface area contributed by atoms with Crippen molar-refractivity contribution in [2.75, 3.05) is 0 Å². The van der Waals surface area contributed by atoms with Crippen LogP contribution in [0.3, 0.4) is 0 Å². The van der Waals surface area contributed by atoms with Crippen molar-refractivity contribution in [2.24, 2.45) is 5.73 Å². The summed E-state index contributed by atoms with van der Waals surface area (Å²) in [6.07, 6.45) is 2.70. The SMILES string of the molecule is NC12CC(c3nc(-c4ccc(Cl)c(F)c4)no3)(C1)C2. The number of aromatic nitrogens is 2. The summed E-state index contributed by atoms with van der Waals surface area (Å²) in [6.45, 7) is 0. The van der Waals surface area contributed by atoms with Crippen LogP contribution >= 0.6 is 11.6 Å². The number of hydrogen-bond acceptors (Lipinski definition) is 4. The van der Waals surface area contributed by atoms with Gasteiger partial charge in [-0.3, -0.25) is 0 Å². The molecule has 0 unspecified atom stereocenters. The van der Waals surface area contributed by atoms with Crippen molar-refractivity contribution in [3.8, 4) is 11.4 Å². The van der Waals surface area contributed by atoms with E-state index in [-0.39, 0.29) is 16.0 Å². The number of nitrogens with two attached hydrogens (primary N) is 1. The van der Waals surface area contributed by atoms with Crippen molar-refractivity contribution in [1.82, 2.24) is 10.1 Å². The molecule has 1 heterocycles. The van der Waals surface area contributed by atoms with Crippen molar-refractivity contribution in [2.45, 2.75) is 30.2 Å². The third-order valence-electron chi connectivity index (χ3n) is 4.13. The van der Waals surface area contributed by atoms with Crippen LogP contribution in [0.4, 0.5) is 4.39 Å². The Morgan fingerprint density at radius 2 is 2.05 bits per heavy atom. The minimum atomic E-state index is -0.489. The van der Waals surface area contributed by atoms with Gasteiger partial charge in [-0.15, -0.1) is 0 Å². The topological polar surface area (TPSA) is 64.9 Å². The molecule has 0 atom stereocenters. The molecule has 3 aliphatic carbocycles. The molecular formula is C13H11ClFN3O. The van der Waals surface area contributed by atoms with Crippen molar-refractivity contribution in [3.05, 3.63) is 34.9 Å². The van der Waals surface area contributed by atoms with Crippen molar-refractivity contribution in [1.29, 1.82) is 0 Å². The van der Waals surface area contributed by atoms with Gasteiger partial charge in [-0.1, -0.05) is 16.8 Å². The van der Waals surface area contributed by atoms with E-state index < -0.39 is 5.82 Å². The fraction of sp³-hybridized carbons (Fsp3) is 0.385. The van der Waals surface area contributed by atoms with Gasteiger partial charge in [-0.2, -0.15) is 4.98 Å². The largest absolute Gasteiger partial charge is 0.338 e. The summed E-state index contributed by atoms with van der Waals surface area (Å²) in [4.78, 5) is 4.37. The van der Waals surface area contributed by atoms with Gasteiger partial charge in [0.2, 0.25) is 11.7 Å². The van der Waals surface area contributed by atoms with Gasteiger partial charge in [0, 0.05) is 11.1 Å². The highest BCUT2D eigenvalue weighted by Gasteiger charge is 2.69. The van der Waals surface area contributed by atoms with Crippen LogP contribution in [-0.4, -0.2) is 15.7 Å². The lowest BCUT2D eigenvalue weighted by Gasteiger charge is -2.66.